The summed E-state index contributed by atoms with van der Waals surface area (Å²) in [5.41, 5.74) is 1.37. The Labute approximate surface area is 110 Å². The third-order valence-corrected chi connectivity index (χ3v) is 2.78. The number of nitrogens with zero attached hydrogens (tertiary/aromatic N) is 4. The number of aromatic nitrogens is 4. The van der Waals surface area contributed by atoms with Crippen LogP contribution in [0, 0.1) is 10.1 Å². The third-order valence-electron chi connectivity index (χ3n) is 2.78. The monoisotopic (exact) mass is 264 g/mol. The number of nitro groups is 1. The maximum atomic E-state index is 11.2. The van der Waals surface area contributed by atoms with Gasteiger partial charge in [-0.1, -0.05) is 13.8 Å². The molecule has 0 aliphatic rings. The normalized spacial score (nSPS) is 10.9. The molecule has 0 saturated heterocycles. The van der Waals surface area contributed by atoms with Gasteiger partial charge in [0, 0.05) is 19.2 Å². The molecule has 2 aromatic rings. The van der Waals surface area contributed by atoms with E-state index in [0.717, 1.165) is 5.69 Å². The first kappa shape index (κ1) is 13.1. The largest absolute Gasteiger partial charge is 0.359 e. The molecule has 0 saturated carbocycles. The summed E-state index contributed by atoms with van der Waals surface area (Å²) in [5, 5.41) is 18.5. The van der Waals surface area contributed by atoms with Crippen molar-refractivity contribution in [1.29, 1.82) is 0 Å². The number of rotatable bonds is 5. The zero-order valence-electron chi connectivity index (χ0n) is 11.0. The van der Waals surface area contributed by atoms with E-state index in [4.69, 9.17) is 0 Å². The molecular weight excluding hydrogens is 248 g/mol. The van der Waals surface area contributed by atoms with Crippen molar-refractivity contribution in [3.63, 3.8) is 0 Å². The number of hydrogen-bond acceptors (Lipinski definition) is 5. The number of aromatic amines is 1. The summed E-state index contributed by atoms with van der Waals surface area (Å²) in [5.74, 6) is 0.401. The summed E-state index contributed by atoms with van der Waals surface area (Å²) in [7, 11) is 1.69. The van der Waals surface area contributed by atoms with E-state index in [9.17, 15) is 10.1 Å². The van der Waals surface area contributed by atoms with Crippen LogP contribution in [-0.2, 0) is 13.6 Å². The molecule has 0 amide bonds. The summed E-state index contributed by atoms with van der Waals surface area (Å²) in [6.07, 6.45) is 3.23. The minimum atomic E-state index is -0.391. The average Bonchev–Trinajstić information content (AvgIpc) is 2.93. The minimum Gasteiger partial charge on any atom is -0.359 e. The van der Waals surface area contributed by atoms with Crippen LogP contribution in [0.25, 0.3) is 0 Å². The van der Waals surface area contributed by atoms with Gasteiger partial charge in [0.25, 0.3) is 0 Å². The molecule has 8 heteroatoms. The van der Waals surface area contributed by atoms with Gasteiger partial charge in [0.05, 0.1) is 23.5 Å². The summed E-state index contributed by atoms with van der Waals surface area (Å²) in [6.45, 7) is 4.19. The molecule has 2 heterocycles. The Hall–Kier alpha value is -2.38. The van der Waals surface area contributed by atoms with Crippen LogP contribution in [0.2, 0.25) is 0 Å². The van der Waals surface area contributed by atoms with Crippen molar-refractivity contribution in [2.24, 2.45) is 7.05 Å². The molecule has 2 N–H and O–H groups in total. The number of nitrogens with one attached hydrogen (secondary N) is 2. The van der Waals surface area contributed by atoms with Crippen molar-refractivity contribution < 1.29 is 4.92 Å². The van der Waals surface area contributed by atoms with Crippen LogP contribution in [0.3, 0.4) is 0 Å². The van der Waals surface area contributed by atoms with Crippen molar-refractivity contribution in [2.75, 3.05) is 5.32 Å². The molecular formula is C11H16N6O2. The SMILES string of the molecule is CC(C)c1nn(C)c(NCc2cnc[nH]2)c1[N+](=O)[O-]. The first-order chi connectivity index (χ1) is 9.00. The number of hydrogen-bond donors (Lipinski definition) is 2. The molecule has 19 heavy (non-hydrogen) atoms. The maximum Gasteiger partial charge on any atom is 0.334 e. The van der Waals surface area contributed by atoms with Gasteiger partial charge in [0.2, 0.25) is 5.82 Å². The molecule has 0 atom stereocenters. The topological polar surface area (TPSA) is 102 Å². The second-order valence-electron chi connectivity index (χ2n) is 4.55. The lowest BCUT2D eigenvalue weighted by Gasteiger charge is -2.04. The van der Waals surface area contributed by atoms with Crippen molar-refractivity contribution in [3.8, 4) is 0 Å². The van der Waals surface area contributed by atoms with Gasteiger partial charge in [-0.2, -0.15) is 5.10 Å². The highest BCUT2D eigenvalue weighted by molar-refractivity contribution is 5.60. The average molecular weight is 264 g/mol. The van der Waals surface area contributed by atoms with E-state index in [2.05, 4.69) is 20.4 Å². The molecule has 0 bridgehead atoms. The van der Waals surface area contributed by atoms with Crippen LogP contribution < -0.4 is 5.32 Å². The van der Waals surface area contributed by atoms with Gasteiger partial charge in [-0.25, -0.2) is 9.67 Å². The molecule has 102 valence electrons. The van der Waals surface area contributed by atoms with Gasteiger partial charge >= 0.3 is 5.69 Å². The first-order valence-corrected chi connectivity index (χ1v) is 5.93. The van der Waals surface area contributed by atoms with Gasteiger partial charge in [-0.3, -0.25) is 10.1 Å². The quantitative estimate of drug-likeness (QED) is 0.633. The number of imidazole rings is 1. The second-order valence-corrected chi connectivity index (χ2v) is 4.55. The van der Waals surface area contributed by atoms with Gasteiger partial charge in [-0.05, 0) is 0 Å². The molecule has 0 aliphatic carbocycles. The summed E-state index contributed by atoms with van der Waals surface area (Å²) < 4.78 is 1.50. The number of aryl methyl sites for hydroxylation is 1. The predicted octanol–water partition coefficient (Wildman–Crippen LogP) is 1.79. The van der Waals surface area contributed by atoms with E-state index in [1.54, 1.807) is 19.6 Å². The summed E-state index contributed by atoms with van der Waals surface area (Å²) in [4.78, 5) is 17.7. The highest BCUT2D eigenvalue weighted by atomic mass is 16.6. The molecule has 8 nitrogen and oxygen atoms in total. The summed E-state index contributed by atoms with van der Waals surface area (Å²) in [6, 6.07) is 0. The first-order valence-electron chi connectivity index (χ1n) is 5.93. The van der Waals surface area contributed by atoms with Crippen LogP contribution in [0.5, 0.6) is 0 Å². The van der Waals surface area contributed by atoms with E-state index in [0.29, 0.717) is 18.1 Å². The fourth-order valence-electron chi connectivity index (χ4n) is 1.86. The molecule has 0 unspecified atom stereocenters. The van der Waals surface area contributed by atoms with E-state index in [1.807, 2.05) is 13.8 Å². The predicted molar refractivity (Wildman–Crippen MR) is 69.9 cm³/mol. The lowest BCUT2D eigenvalue weighted by molar-refractivity contribution is -0.384. The van der Waals surface area contributed by atoms with Gasteiger partial charge in [0.1, 0.15) is 5.69 Å². The molecule has 2 aromatic heterocycles. The van der Waals surface area contributed by atoms with Gasteiger partial charge in [-0.15, -0.1) is 0 Å². The smallest absolute Gasteiger partial charge is 0.334 e. The molecule has 0 fully saturated rings. The van der Waals surface area contributed by atoms with E-state index in [1.165, 1.54) is 4.68 Å². The van der Waals surface area contributed by atoms with Crippen LogP contribution in [0.15, 0.2) is 12.5 Å². The van der Waals surface area contributed by atoms with E-state index >= 15 is 0 Å². The Bertz CT molecular complexity index is 572. The fraction of sp³-hybridized carbons (Fsp3) is 0.455. The fourth-order valence-corrected chi connectivity index (χ4v) is 1.86. The van der Waals surface area contributed by atoms with Gasteiger partial charge in [0.15, 0.2) is 0 Å². The second kappa shape index (κ2) is 5.09. The van der Waals surface area contributed by atoms with Crippen molar-refractivity contribution in [2.45, 2.75) is 26.3 Å². The lowest BCUT2D eigenvalue weighted by Crippen LogP contribution is -2.06. The van der Waals surface area contributed by atoms with Crippen LogP contribution in [0.4, 0.5) is 11.5 Å². The Balaban J connectivity index is 2.30. The molecule has 0 aromatic carbocycles. The van der Waals surface area contributed by atoms with Crippen LogP contribution in [0.1, 0.15) is 31.2 Å². The highest BCUT2D eigenvalue weighted by Crippen LogP contribution is 2.32. The highest BCUT2D eigenvalue weighted by Gasteiger charge is 2.28. The van der Waals surface area contributed by atoms with E-state index in [-0.39, 0.29) is 11.6 Å². The number of anilines is 1. The Morgan fingerprint density at radius 2 is 2.32 bits per heavy atom. The molecule has 0 aliphatic heterocycles. The third kappa shape index (κ3) is 2.56. The molecule has 0 radical (unpaired) electrons. The zero-order chi connectivity index (χ0) is 14.0. The van der Waals surface area contributed by atoms with Gasteiger partial charge < -0.3 is 10.3 Å². The maximum absolute atomic E-state index is 11.2. The minimum absolute atomic E-state index is 0.00527. The standard InChI is InChI=1S/C11H16N6O2/c1-7(2)9-10(17(18)19)11(16(3)15-9)13-5-8-4-12-6-14-8/h4,6-7,13H,5H2,1-3H3,(H,12,14). The van der Waals surface area contributed by atoms with E-state index < -0.39 is 4.92 Å². The molecule has 2 rings (SSSR count). The number of H-pyrrole nitrogens is 1. The summed E-state index contributed by atoms with van der Waals surface area (Å²) >= 11 is 0. The Morgan fingerprint density at radius 3 is 2.84 bits per heavy atom. The van der Waals surface area contributed by atoms with Crippen molar-refractivity contribution >= 4 is 11.5 Å². The molecule has 0 spiro atoms. The Kier molecular flexibility index (Phi) is 3.50. The van der Waals surface area contributed by atoms with Crippen LogP contribution in [-0.4, -0.2) is 24.7 Å². The van der Waals surface area contributed by atoms with Crippen LogP contribution >= 0.6 is 0 Å². The van der Waals surface area contributed by atoms with Crippen molar-refractivity contribution in [1.82, 2.24) is 19.7 Å². The Morgan fingerprint density at radius 1 is 1.58 bits per heavy atom. The zero-order valence-corrected chi connectivity index (χ0v) is 11.0. The van der Waals surface area contributed by atoms with Crippen molar-refractivity contribution in [3.05, 3.63) is 34.0 Å². The lowest BCUT2D eigenvalue weighted by atomic mass is 10.1.